The molecule has 0 aliphatic carbocycles. The summed E-state index contributed by atoms with van der Waals surface area (Å²) < 4.78 is 7.44. The van der Waals surface area contributed by atoms with Crippen molar-refractivity contribution < 1.29 is 9.53 Å². The van der Waals surface area contributed by atoms with Crippen molar-refractivity contribution in [2.75, 3.05) is 6.54 Å². The quantitative estimate of drug-likeness (QED) is 0.846. The summed E-state index contributed by atoms with van der Waals surface area (Å²) in [6, 6.07) is -0.133. The lowest BCUT2D eigenvalue weighted by atomic mass is 9.98. The van der Waals surface area contributed by atoms with Crippen LogP contribution < -0.4 is 5.32 Å². The van der Waals surface area contributed by atoms with Crippen molar-refractivity contribution in [1.82, 2.24) is 20.1 Å². The number of ether oxygens (including phenoxy) is 1. The van der Waals surface area contributed by atoms with Crippen molar-refractivity contribution in [3.63, 3.8) is 0 Å². The number of cyclic esters (lactones) is 1. The second-order valence-corrected chi connectivity index (χ2v) is 6.59. The number of esters is 1. The molecular weight excluding hydrogens is 268 g/mol. The van der Waals surface area contributed by atoms with Gasteiger partial charge in [-0.05, 0) is 19.3 Å². The predicted octanol–water partition coefficient (Wildman–Crippen LogP) is 1.26. The molecule has 21 heavy (non-hydrogen) atoms. The van der Waals surface area contributed by atoms with Crippen LogP contribution in [-0.4, -0.2) is 39.4 Å². The zero-order chi connectivity index (χ0) is 15.0. The van der Waals surface area contributed by atoms with Gasteiger partial charge in [-0.1, -0.05) is 13.8 Å². The van der Waals surface area contributed by atoms with E-state index in [9.17, 15) is 4.79 Å². The SMILES string of the molecule is CC1CC(NCC2CCc3nnc(C(C)C)n3C2)C(=O)O1. The topological polar surface area (TPSA) is 69.0 Å². The molecule has 0 amide bonds. The minimum Gasteiger partial charge on any atom is -0.461 e. The molecule has 6 heteroatoms. The van der Waals surface area contributed by atoms with Gasteiger partial charge in [0.15, 0.2) is 0 Å². The summed E-state index contributed by atoms with van der Waals surface area (Å²) >= 11 is 0. The number of nitrogens with zero attached hydrogens (tertiary/aromatic N) is 3. The molecule has 1 aromatic heterocycles. The highest BCUT2D eigenvalue weighted by atomic mass is 16.6. The Morgan fingerprint density at radius 1 is 1.43 bits per heavy atom. The molecular formula is C15H24N4O2. The molecule has 1 N–H and O–H groups in total. The summed E-state index contributed by atoms with van der Waals surface area (Å²) in [4.78, 5) is 11.6. The Bertz CT molecular complexity index is 526. The molecule has 116 valence electrons. The molecule has 2 aliphatic heterocycles. The van der Waals surface area contributed by atoms with E-state index in [2.05, 4.69) is 33.9 Å². The Balaban J connectivity index is 1.59. The van der Waals surface area contributed by atoms with Crippen LogP contribution in [0.1, 0.15) is 51.2 Å². The molecule has 1 saturated heterocycles. The number of hydrogen-bond donors (Lipinski definition) is 1. The zero-order valence-corrected chi connectivity index (χ0v) is 13.0. The molecule has 3 rings (SSSR count). The number of hydrogen-bond acceptors (Lipinski definition) is 5. The van der Waals surface area contributed by atoms with Crippen LogP contribution in [0.3, 0.4) is 0 Å². The van der Waals surface area contributed by atoms with Crippen LogP contribution in [0, 0.1) is 5.92 Å². The Hall–Kier alpha value is -1.43. The molecule has 1 aromatic rings. The first-order valence-electron chi connectivity index (χ1n) is 7.90. The highest BCUT2D eigenvalue weighted by Crippen LogP contribution is 2.23. The normalized spacial score (nSPS) is 28.8. The summed E-state index contributed by atoms with van der Waals surface area (Å²) in [6.45, 7) is 8.03. The van der Waals surface area contributed by atoms with Crippen molar-refractivity contribution in [2.24, 2.45) is 5.92 Å². The first kappa shape index (κ1) is 14.5. The zero-order valence-electron chi connectivity index (χ0n) is 13.0. The van der Waals surface area contributed by atoms with Crippen LogP contribution >= 0.6 is 0 Å². The summed E-state index contributed by atoms with van der Waals surface area (Å²) in [7, 11) is 0. The van der Waals surface area contributed by atoms with E-state index in [-0.39, 0.29) is 18.1 Å². The molecule has 0 bridgehead atoms. The van der Waals surface area contributed by atoms with Crippen molar-refractivity contribution in [2.45, 2.75) is 64.6 Å². The molecule has 3 unspecified atom stereocenters. The lowest BCUT2D eigenvalue weighted by Crippen LogP contribution is -2.39. The average Bonchev–Trinajstić information content (AvgIpc) is 2.99. The maximum atomic E-state index is 11.6. The van der Waals surface area contributed by atoms with Crippen LogP contribution in [0.4, 0.5) is 0 Å². The Labute approximate surface area is 125 Å². The monoisotopic (exact) mass is 292 g/mol. The third kappa shape index (κ3) is 2.95. The second-order valence-electron chi connectivity index (χ2n) is 6.59. The number of fused-ring (bicyclic) bond motifs is 1. The van der Waals surface area contributed by atoms with E-state index in [0.29, 0.717) is 11.8 Å². The van der Waals surface area contributed by atoms with Gasteiger partial charge in [-0.15, -0.1) is 10.2 Å². The van der Waals surface area contributed by atoms with E-state index in [1.54, 1.807) is 0 Å². The van der Waals surface area contributed by atoms with Gasteiger partial charge in [0, 0.05) is 31.8 Å². The van der Waals surface area contributed by atoms with Crippen molar-refractivity contribution in [3.05, 3.63) is 11.6 Å². The van der Waals surface area contributed by atoms with Crippen LogP contribution in [0.25, 0.3) is 0 Å². The van der Waals surface area contributed by atoms with Gasteiger partial charge in [-0.3, -0.25) is 4.79 Å². The summed E-state index contributed by atoms with van der Waals surface area (Å²) in [5, 5.41) is 12.0. The first-order valence-corrected chi connectivity index (χ1v) is 7.90. The van der Waals surface area contributed by atoms with E-state index in [4.69, 9.17) is 4.74 Å². The highest BCUT2D eigenvalue weighted by molar-refractivity contribution is 5.77. The molecule has 6 nitrogen and oxygen atoms in total. The van der Waals surface area contributed by atoms with Gasteiger partial charge < -0.3 is 14.6 Å². The van der Waals surface area contributed by atoms with Crippen LogP contribution in [-0.2, 0) is 22.5 Å². The summed E-state index contributed by atoms with van der Waals surface area (Å²) in [6.07, 6.45) is 2.89. The van der Waals surface area contributed by atoms with Crippen LogP contribution in [0.2, 0.25) is 0 Å². The third-order valence-corrected chi connectivity index (χ3v) is 4.41. The minimum atomic E-state index is -0.133. The van der Waals surface area contributed by atoms with Crippen LogP contribution in [0.15, 0.2) is 0 Å². The van der Waals surface area contributed by atoms with Crippen LogP contribution in [0.5, 0.6) is 0 Å². The highest BCUT2D eigenvalue weighted by Gasteiger charge is 2.32. The minimum absolute atomic E-state index is 0.0401. The molecule has 0 radical (unpaired) electrons. The number of rotatable bonds is 4. The lowest BCUT2D eigenvalue weighted by Gasteiger charge is -2.26. The molecule has 3 atom stereocenters. The lowest BCUT2D eigenvalue weighted by molar-refractivity contribution is -0.142. The maximum absolute atomic E-state index is 11.6. The summed E-state index contributed by atoms with van der Waals surface area (Å²) in [5.41, 5.74) is 0. The largest absolute Gasteiger partial charge is 0.461 e. The second kappa shape index (κ2) is 5.75. The van der Waals surface area contributed by atoms with E-state index in [1.165, 1.54) is 0 Å². The maximum Gasteiger partial charge on any atom is 0.323 e. The molecule has 1 fully saturated rings. The fraction of sp³-hybridized carbons (Fsp3) is 0.800. The standard InChI is InChI=1S/C15H24N4O2/c1-9(2)14-18-17-13-5-4-11(8-19(13)14)7-16-12-6-10(3)21-15(12)20/h9-12,16H,4-8H2,1-3H3. The first-order chi connectivity index (χ1) is 10.0. The van der Waals surface area contributed by atoms with Gasteiger partial charge in [0.1, 0.15) is 23.8 Å². The van der Waals surface area contributed by atoms with E-state index in [0.717, 1.165) is 44.0 Å². The van der Waals surface area contributed by atoms with Crippen molar-refractivity contribution in [3.8, 4) is 0 Å². The number of carbonyl (C=O) groups excluding carboxylic acids is 1. The van der Waals surface area contributed by atoms with Gasteiger partial charge in [0.25, 0.3) is 0 Å². The molecule has 3 heterocycles. The van der Waals surface area contributed by atoms with E-state index in [1.807, 2.05) is 6.92 Å². The van der Waals surface area contributed by atoms with E-state index < -0.39 is 0 Å². The number of aryl methyl sites for hydroxylation is 1. The Morgan fingerprint density at radius 3 is 2.90 bits per heavy atom. The van der Waals surface area contributed by atoms with E-state index >= 15 is 0 Å². The molecule has 0 spiro atoms. The smallest absolute Gasteiger partial charge is 0.323 e. The fourth-order valence-corrected chi connectivity index (χ4v) is 3.24. The molecule has 0 aromatic carbocycles. The van der Waals surface area contributed by atoms with Gasteiger partial charge in [-0.25, -0.2) is 0 Å². The predicted molar refractivity (Wildman–Crippen MR) is 77.9 cm³/mol. The molecule has 0 saturated carbocycles. The molecule has 2 aliphatic rings. The number of carbonyl (C=O) groups is 1. The van der Waals surface area contributed by atoms with Crippen molar-refractivity contribution >= 4 is 5.97 Å². The summed E-state index contributed by atoms with van der Waals surface area (Å²) in [5.74, 6) is 2.98. The van der Waals surface area contributed by atoms with Gasteiger partial charge >= 0.3 is 5.97 Å². The van der Waals surface area contributed by atoms with Crippen molar-refractivity contribution in [1.29, 1.82) is 0 Å². The van der Waals surface area contributed by atoms with Gasteiger partial charge in [0.05, 0.1) is 0 Å². The third-order valence-electron chi connectivity index (χ3n) is 4.41. The average molecular weight is 292 g/mol. The van der Waals surface area contributed by atoms with Gasteiger partial charge in [0.2, 0.25) is 0 Å². The van der Waals surface area contributed by atoms with Gasteiger partial charge in [-0.2, -0.15) is 0 Å². The Morgan fingerprint density at radius 2 is 2.24 bits per heavy atom. The number of nitrogens with one attached hydrogen (secondary N) is 1. The Kier molecular flexibility index (Phi) is 3.97. The fourth-order valence-electron chi connectivity index (χ4n) is 3.24. The number of aromatic nitrogens is 3.